The van der Waals surface area contributed by atoms with Crippen LogP contribution in [0.5, 0.6) is 0 Å². The zero-order chi connectivity index (χ0) is 11.4. The minimum Gasteiger partial charge on any atom is -0.299 e. The Hall–Kier alpha value is -0.0831. The molecule has 0 aromatic rings. The Labute approximate surface area is 91.2 Å². The summed E-state index contributed by atoms with van der Waals surface area (Å²) in [5.41, 5.74) is 2.20. The summed E-state index contributed by atoms with van der Waals surface area (Å²) in [5, 5.41) is 0. The van der Waals surface area contributed by atoms with Gasteiger partial charge in [0.1, 0.15) is 0 Å². The molecule has 0 amide bonds. The maximum Gasteiger partial charge on any atom is 0.0722 e. The van der Waals surface area contributed by atoms with Crippen molar-refractivity contribution in [2.75, 3.05) is 6.54 Å². The lowest BCUT2D eigenvalue weighted by Crippen LogP contribution is -2.40. The average Bonchev–Trinajstić information content (AvgIpc) is 2.03. The fourth-order valence-electron chi connectivity index (χ4n) is 1.63. The van der Waals surface area contributed by atoms with Gasteiger partial charge in [0.15, 0.2) is 0 Å². The third kappa shape index (κ3) is 4.96. The molecule has 0 bridgehead atoms. The van der Waals surface area contributed by atoms with Crippen LogP contribution in [0.15, 0.2) is 12.3 Å². The van der Waals surface area contributed by atoms with E-state index < -0.39 is 8.07 Å². The Morgan fingerprint density at radius 1 is 1.14 bits per heavy atom. The first kappa shape index (κ1) is 13.9. The summed E-state index contributed by atoms with van der Waals surface area (Å²) in [6, 6.07) is 2.64. The molecule has 0 aromatic carbocycles. The fourth-order valence-corrected chi connectivity index (χ4v) is 2.67. The van der Waals surface area contributed by atoms with Gasteiger partial charge in [-0.3, -0.25) is 4.90 Å². The Bertz CT molecular complexity index is 165. The van der Waals surface area contributed by atoms with Gasteiger partial charge in [0.25, 0.3) is 0 Å². The summed E-state index contributed by atoms with van der Waals surface area (Å²) in [5.74, 6) is 0. The van der Waals surface area contributed by atoms with Crippen molar-refractivity contribution in [3.8, 4) is 0 Å². The molecular weight excluding hydrogens is 186 g/mol. The minimum absolute atomic E-state index is 0.657. The highest BCUT2D eigenvalue weighted by atomic mass is 28.3. The van der Waals surface area contributed by atoms with Gasteiger partial charge in [0.05, 0.1) is 8.07 Å². The van der Waals surface area contributed by atoms with E-state index in [2.05, 4.69) is 58.0 Å². The lowest BCUT2D eigenvalue weighted by Gasteiger charge is -2.32. The van der Waals surface area contributed by atoms with E-state index in [9.17, 15) is 0 Å². The van der Waals surface area contributed by atoms with Gasteiger partial charge in [-0.05, 0) is 40.3 Å². The van der Waals surface area contributed by atoms with Gasteiger partial charge >= 0.3 is 0 Å². The highest BCUT2D eigenvalue weighted by molar-refractivity contribution is 6.82. The van der Waals surface area contributed by atoms with Crippen LogP contribution >= 0.6 is 0 Å². The number of hydrogen-bond donors (Lipinski definition) is 0. The Kier molecular flexibility index (Phi) is 5.68. The molecular formula is C12H27NSi. The minimum atomic E-state index is -1.11. The van der Waals surface area contributed by atoms with Crippen LogP contribution in [0.2, 0.25) is 19.1 Å². The van der Waals surface area contributed by atoms with Crippen molar-refractivity contribution in [1.29, 1.82) is 0 Å². The van der Waals surface area contributed by atoms with E-state index in [1.807, 2.05) is 0 Å². The van der Waals surface area contributed by atoms with Gasteiger partial charge < -0.3 is 0 Å². The van der Waals surface area contributed by atoms with Crippen LogP contribution in [0.1, 0.15) is 27.7 Å². The molecule has 0 atom stereocenters. The maximum absolute atomic E-state index is 3.94. The number of nitrogens with zero attached hydrogens (tertiary/aromatic N) is 1. The summed E-state index contributed by atoms with van der Waals surface area (Å²) in [6.45, 7) is 19.1. The SMILES string of the molecule is C=C[Si](C)(C)CCN(C(C)C)C(C)C. The van der Waals surface area contributed by atoms with Crippen LogP contribution in [-0.2, 0) is 0 Å². The molecule has 0 aliphatic carbocycles. The van der Waals surface area contributed by atoms with E-state index >= 15 is 0 Å². The Balaban J connectivity index is 4.13. The second-order valence-electron chi connectivity index (χ2n) is 5.37. The molecule has 0 unspecified atom stereocenters. The first-order valence-electron chi connectivity index (χ1n) is 5.69. The van der Waals surface area contributed by atoms with Crippen molar-refractivity contribution in [2.45, 2.75) is 58.9 Å². The van der Waals surface area contributed by atoms with Crippen LogP contribution in [-0.4, -0.2) is 31.6 Å². The van der Waals surface area contributed by atoms with E-state index in [0.717, 1.165) is 0 Å². The smallest absolute Gasteiger partial charge is 0.0722 e. The standard InChI is InChI=1S/C12H27NSi/c1-8-14(6,7)10-9-13(11(2)3)12(4)5/h8,11-12H,1,9-10H2,2-7H3. The van der Waals surface area contributed by atoms with E-state index in [1.165, 1.54) is 12.6 Å². The molecule has 1 nitrogen and oxygen atoms in total. The normalized spacial score (nSPS) is 12.9. The second kappa shape index (κ2) is 5.71. The van der Waals surface area contributed by atoms with Crippen LogP contribution in [0.4, 0.5) is 0 Å². The van der Waals surface area contributed by atoms with E-state index in [4.69, 9.17) is 0 Å². The predicted octanol–water partition coefficient (Wildman–Crippen LogP) is 3.54. The first-order valence-corrected chi connectivity index (χ1v) is 8.98. The predicted molar refractivity (Wildman–Crippen MR) is 69.5 cm³/mol. The highest BCUT2D eigenvalue weighted by Gasteiger charge is 2.20. The van der Waals surface area contributed by atoms with E-state index in [-0.39, 0.29) is 0 Å². The quantitative estimate of drug-likeness (QED) is 0.610. The van der Waals surface area contributed by atoms with Gasteiger partial charge in [-0.15, -0.1) is 12.3 Å². The van der Waals surface area contributed by atoms with Gasteiger partial charge in [0.2, 0.25) is 0 Å². The summed E-state index contributed by atoms with van der Waals surface area (Å²) >= 11 is 0. The van der Waals surface area contributed by atoms with Crippen LogP contribution < -0.4 is 0 Å². The molecule has 0 fully saturated rings. The summed E-state index contributed by atoms with van der Waals surface area (Å²) in [7, 11) is -1.11. The molecule has 84 valence electrons. The molecule has 0 heterocycles. The highest BCUT2D eigenvalue weighted by Crippen LogP contribution is 2.14. The summed E-state index contributed by atoms with van der Waals surface area (Å²) in [6.07, 6.45) is 0. The van der Waals surface area contributed by atoms with Crippen molar-refractivity contribution in [3.05, 3.63) is 12.3 Å². The molecule has 0 N–H and O–H groups in total. The molecule has 0 radical (unpaired) electrons. The Morgan fingerprint density at radius 3 is 1.86 bits per heavy atom. The first-order chi connectivity index (χ1) is 6.30. The van der Waals surface area contributed by atoms with E-state index in [0.29, 0.717) is 12.1 Å². The molecule has 0 aliphatic heterocycles. The molecule has 14 heavy (non-hydrogen) atoms. The van der Waals surface area contributed by atoms with Gasteiger partial charge in [-0.2, -0.15) is 0 Å². The fraction of sp³-hybridized carbons (Fsp3) is 0.833. The molecule has 0 aromatic heterocycles. The topological polar surface area (TPSA) is 3.24 Å². The molecule has 0 aliphatic rings. The summed E-state index contributed by atoms with van der Waals surface area (Å²) < 4.78 is 0. The number of hydrogen-bond acceptors (Lipinski definition) is 1. The largest absolute Gasteiger partial charge is 0.299 e. The summed E-state index contributed by atoms with van der Waals surface area (Å²) in [4.78, 5) is 2.57. The van der Waals surface area contributed by atoms with Crippen molar-refractivity contribution in [2.24, 2.45) is 0 Å². The molecule has 0 spiro atoms. The zero-order valence-corrected chi connectivity index (χ0v) is 11.8. The zero-order valence-electron chi connectivity index (χ0n) is 10.8. The van der Waals surface area contributed by atoms with Crippen LogP contribution in [0.3, 0.4) is 0 Å². The second-order valence-corrected chi connectivity index (χ2v) is 10.3. The Morgan fingerprint density at radius 2 is 1.57 bits per heavy atom. The lowest BCUT2D eigenvalue weighted by atomic mass is 10.2. The van der Waals surface area contributed by atoms with Crippen molar-refractivity contribution < 1.29 is 0 Å². The van der Waals surface area contributed by atoms with Gasteiger partial charge in [-0.25, -0.2) is 0 Å². The molecule has 0 saturated heterocycles. The molecule has 0 saturated carbocycles. The maximum atomic E-state index is 3.94. The van der Waals surface area contributed by atoms with Crippen molar-refractivity contribution in [1.82, 2.24) is 4.90 Å². The average molecular weight is 213 g/mol. The van der Waals surface area contributed by atoms with E-state index in [1.54, 1.807) is 0 Å². The van der Waals surface area contributed by atoms with Crippen molar-refractivity contribution >= 4 is 8.07 Å². The van der Waals surface area contributed by atoms with Gasteiger partial charge in [0, 0.05) is 12.1 Å². The molecule has 2 heteroatoms. The monoisotopic (exact) mass is 213 g/mol. The third-order valence-corrected chi connectivity index (χ3v) is 5.51. The van der Waals surface area contributed by atoms with Crippen LogP contribution in [0, 0.1) is 0 Å². The third-order valence-electron chi connectivity index (χ3n) is 2.89. The molecule has 0 rings (SSSR count). The number of rotatable bonds is 6. The van der Waals surface area contributed by atoms with Gasteiger partial charge in [-0.1, -0.05) is 13.1 Å². The lowest BCUT2D eigenvalue weighted by molar-refractivity contribution is 0.185. The van der Waals surface area contributed by atoms with Crippen molar-refractivity contribution in [3.63, 3.8) is 0 Å². The van der Waals surface area contributed by atoms with Crippen LogP contribution in [0.25, 0.3) is 0 Å².